The van der Waals surface area contributed by atoms with Gasteiger partial charge in [0.2, 0.25) is 16.3 Å². The SMILES string of the molecule is COc1ccc([C@@H]2C=C(C(=O)NC3CC4CCC3C4)O[C@H](OCCN(CCO)S(=O)(=O)c3ccc(OC)cc3)C2)cc1. The first-order valence-corrected chi connectivity index (χ1v) is 15.9. The van der Waals surface area contributed by atoms with Gasteiger partial charge in [0.25, 0.3) is 5.91 Å². The number of carbonyl (C=O) groups excluding carboxylic acids is 1. The Morgan fingerprint density at radius 3 is 2.26 bits per heavy atom. The van der Waals surface area contributed by atoms with Crippen LogP contribution in [0.3, 0.4) is 0 Å². The van der Waals surface area contributed by atoms with E-state index in [0.29, 0.717) is 24.0 Å². The number of aliphatic hydroxyl groups is 1. The van der Waals surface area contributed by atoms with Crippen molar-refractivity contribution in [3.8, 4) is 11.5 Å². The summed E-state index contributed by atoms with van der Waals surface area (Å²) in [4.78, 5) is 13.4. The molecule has 10 nitrogen and oxygen atoms in total. The number of allylic oxidation sites excluding steroid dienone is 1. The quantitative estimate of drug-likeness (QED) is 0.359. The summed E-state index contributed by atoms with van der Waals surface area (Å²) in [6, 6.07) is 13.9. The number of aliphatic hydroxyl groups excluding tert-OH is 1. The molecule has 1 aliphatic heterocycles. The lowest BCUT2D eigenvalue weighted by Gasteiger charge is -2.31. The van der Waals surface area contributed by atoms with E-state index in [9.17, 15) is 18.3 Å². The Morgan fingerprint density at radius 2 is 1.67 bits per heavy atom. The van der Waals surface area contributed by atoms with Crippen molar-refractivity contribution >= 4 is 15.9 Å². The van der Waals surface area contributed by atoms with Crippen molar-refractivity contribution in [3.63, 3.8) is 0 Å². The maximum Gasteiger partial charge on any atom is 0.286 e. The van der Waals surface area contributed by atoms with Gasteiger partial charge in [-0.05, 0) is 79.1 Å². The normalized spacial score (nSPS) is 25.1. The molecule has 5 rings (SSSR count). The molecule has 228 valence electrons. The molecule has 11 heteroatoms. The van der Waals surface area contributed by atoms with Crippen molar-refractivity contribution in [1.82, 2.24) is 9.62 Å². The summed E-state index contributed by atoms with van der Waals surface area (Å²) >= 11 is 0. The van der Waals surface area contributed by atoms with Gasteiger partial charge in [0, 0.05) is 31.5 Å². The number of hydrogen-bond donors (Lipinski definition) is 2. The van der Waals surface area contributed by atoms with Crippen molar-refractivity contribution in [3.05, 3.63) is 65.9 Å². The van der Waals surface area contributed by atoms with E-state index < -0.39 is 16.3 Å². The van der Waals surface area contributed by atoms with Crippen LogP contribution in [-0.2, 0) is 24.3 Å². The summed E-state index contributed by atoms with van der Waals surface area (Å²) in [6.45, 7) is -0.422. The van der Waals surface area contributed by atoms with Crippen LogP contribution in [0, 0.1) is 11.8 Å². The first-order chi connectivity index (χ1) is 20.3. The molecule has 2 fully saturated rings. The Labute approximate surface area is 247 Å². The van der Waals surface area contributed by atoms with E-state index in [1.54, 1.807) is 19.2 Å². The summed E-state index contributed by atoms with van der Waals surface area (Å²) in [5.41, 5.74) is 0.988. The van der Waals surface area contributed by atoms with Crippen LogP contribution in [0.1, 0.15) is 43.6 Å². The maximum atomic E-state index is 13.4. The number of rotatable bonds is 13. The summed E-state index contributed by atoms with van der Waals surface area (Å²) in [5, 5.41) is 12.8. The molecule has 3 aliphatic rings. The molecular formula is C31H40N2O8S. The average molecular weight is 601 g/mol. The highest BCUT2D eigenvalue weighted by Gasteiger charge is 2.41. The fraction of sp³-hybridized carbons (Fsp3) is 0.516. The van der Waals surface area contributed by atoms with Gasteiger partial charge in [-0.25, -0.2) is 8.42 Å². The molecule has 1 heterocycles. The van der Waals surface area contributed by atoms with Crippen LogP contribution < -0.4 is 14.8 Å². The molecular weight excluding hydrogens is 560 g/mol. The van der Waals surface area contributed by atoms with Crippen LogP contribution in [0.4, 0.5) is 0 Å². The second-order valence-corrected chi connectivity index (χ2v) is 13.1. The number of fused-ring (bicyclic) bond motifs is 2. The molecule has 0 saturated heterocycles. The number of carbonyl (C=O) groups is 1. The lowest BCUT2D eigenvalue weighted by atomic mass is 9.92. The van der Waals surface area contributed by atoms with Gasteiger partial charge in [-0.2, -0.15) is 4.31 Å². The molecule has 0 aromatic heterocycles. The summed E-state index contributed by atoms with van der Waals surface area (Å²) in [5.74, 6) is 2.32. The van der Waals surface area contributed by atoms with Gasteiger partial charge in [-0.1, -0.05) is 18.6 Å². The van der Waals surface area contributed by atoms with E-state index in [-0.39, 0.29) is 54.8 Å². The zero-order chi connectivity index (χ0) is 29.7. The molecule has 5 atom stereocenters. The van der Waals surface area contributed by atoms with Crippen molar-refractivity contribution in [2.45, 2.75) is 55.2 Å². The highest BCUT2D eigenvalue weighted by Crippen LogP contribution is 2.44. The molecule has 2 aliphatic carbocycles. The topological polar surface area (TPSA) is 124 Å². The van der Waals surface area contributed by atoms with E-state index in [2.05, 4.69) is 5.32 Å². The Hall–Kier alpha value is -3.12. The van der Waals surface area contributed by atoms with Crippen molar-refractivity contribution in [2.24, 2.45) is 11.8 Å². The van der Waals surface area contributed by atoms with Crippen LogP contribution in [-0.4, -0.2) is 76.6 Å². The van der Waals surface area contributed by atoms with Crippen molar-refractivity contribution in [1.29, 1.82) is 0 Å². The van der Waals surface area contributed by atoms with Crippen LogP contribution in [0.15, 0.2) is 65.3 Å². The lowest BCUT2D eigenvalue weighted by molar-refractivity contribution is -0.147. The molecule has 2 bridgehead atoms. The largest absolute Gasteiger partial charge is 0.497 e. The fourth-order valence-electron chi connectivity index (χ4n) is 6.31. The monoisotopic (exact) mass is 600 g/mol. The predicted molar refractivity (Wildman–Crippen MR) is 155 cm³/mol. The molecule has 2 aromatic carbocycles. The second-order valence-electron chi connectivity index (χ2n) is 11.1. The number of ether oxygens (including phenoxy) is 4. The number of benzene rings is 2. The van der Waals surface area contributed by atoms with Crippen LogP contribution in [0.2, 0.25) is 0 Å². The molecule has 2 N–H and O–H groups in total. The van der Waals surface area contributed by atoms with Gasteiger partial charge >= 0.3 is 0 Å². The van der Waals surface area contributed by atoms with E-state index >= 15 is 0 Å². The molecule has 2 aromatic rings. The molecule has 2 saturated carbocycles. The third-order valence-corrected chi connectivity index (χ3v) is 10.5. The minimum atomic E-state index is -3.88. The molecule has 0 spiro atoms. The fourth-order valence-corrected chi connectivity index (χ4v) is 7.72. The van der Waals surface area contributed by atoms with Gasteiger partial charge in [0.05, 0.1) is 32.3 Å². The van der Waals surface area contributed by atoms with Crippen molar-refractivity contribution in [2.75, 3.05) is 40.5 Å². The first-order valence-electron chi connectivity index (χ1n) is 14.5. The van der Waals surface area contributed by atoms with E-state index in [1.165, 1.54) is 36.4 Å². The number of nitrogens with zero attached hydrogens (tertiary/aromatic N) is 1. The van der Waals surface area contributed by atoms with Gasteiger partial charge in [0.15, 0.2) is 5.76 Å². The van der Waals surface area contributed by atoms with E-state index in [0.717, 1.165) is 24.2 Å². The number of methoxy groups -OCH3 is 2. The highest BCUT2D eigenvalue weighted by atomic mass is 32.2. The zero-order valence-electron chi connectivity index (χ0n) is 24.1. The molecule has 42 heavy (non-hydrogen) atoms. The first kappa shape index (κ1) is 30.3. The average Bonchev–Trinajstić information content (AvgIpc) is 3.64. The molecule has 0 radical (unpaired) electrons. The summed E-state index contributed by atoms with van der Waals surface area (Å²) in [7, 11) is -0.765. The van der Waals surface area contributed by atoms with Gasteiger partial charge in [0.1, 0.15) is 11.5 Å². The second kappa shape index (κ2) is 13.5. The predicted octanol–water partition coefficient (Wildman–Crippen LogP) is 3.42. The van der Waals surface area contributed by atoms with Crippen molar-refractivity contribution < 1.29 is 37.3 Å². The Kier molecular flexibility index (Phi) is 9.72. The Balaban J connectivity index is 1.27. The third-order valence-electron chi connectivity index (χ3n) is 8.57. The zero-order valence-corrected chi connectivity index (χ0v) is 24.9. The molecule has 1 amide bonds. The van der Waals surface area contributed by atoms with E-state index in [1.807, 2.05) is 30.3 Å². The van der Waals surface area contributed by atoms with Crippen LogP contribution >= 0.6 is 0 Å². The van der Waals surface area contributed by atoms with E-state index in [4.69, 9.17) is 18.9 Å². The highest BCUT2D eigenvalue weighted by molar-refractivity contribution is 7.89. The Bertz CT molecular complexity index is 1350. The number of amides is 1. The maximum absolute atomic E-state index is 13.4. The minimum absolute atomic E-state index is 0.00162. The number of hydrogen-bond acceptors (Lipinski definition) is 8. The minimum Gasteiger partial charge on any atom is -0.497 e. The van der Waals surface area contributed by atoms with Gasteiger partial charge in [-0.15, -0.1) is 0 Å². The van der Waals surface area contributed by atoms with Gasteiger partial charge < -0.3 is 29.4 Å². The third kappa shape index (κ3) is 6.91. The van der Waals surface area contributed by atoms with Crippen LogP contribution in [0.5, 0.6) is 11.5 Å². The molecule has 3 unspecified atom stereocenters. The number of nitrogens with one attached hydrogen (secondary N) is 1. The summed E-state index contributed by atoms with van der Waals surface area (Å²) in [6.07, 6.45) is 6.11. The van der Waals surface area contributed by atoms with Gasteiger partial charge in [-0.3, -0.25) is 4.79 Å². The number of sulfonamides is 1. The summed E-state index contributed by atoms with van der Waals surface area (Å²) < 4.78 is 50.2. The smallest absolute Gasteiger partial charge is 0.286 e. The standard InChI is InChI=1S/C31H40N2O8S/c1-38-25-7-5-22(6-8-25)24-19-29(31(35)32-28-18-21-3-4-23(28)17-21)41-30(20-24)40-16-14-33(13-15-34)42(36,37)27-11-9-26(39-2)10-12-27/h5-12,19,21,23-24,28,30,34H,3-4,13-18,20H2,1-2H3,(H,32,35)/t21?,23?,24-,28?,30+/m1/s1. The van der Waals surface area contributed by atoms with Crippen LogP contribution in [0.25, 0.3) is 0 Å². The Morgan fingerprint density at radius 1 is 0.976 bits per heavy atom. The lowest BCUT2D eigenvalue weighted by Crippen LogP contribution is -2.41.